The van der Waals surface area contributed by atoms with Gasteiger partial charge in [0.25, 0.3) is 0 Å². The fourth-order valence-electron chi connectivity index (χ4n) is 1.08. The van der Waals surface area contributed by atoms with Crippen molar-refractivity contribution in [1.29, 1.82) is 0 Å². The van der Waals surface area contributed by atoms with Crippen molar-refractivity contribution in [3.63, 3.8) is 0 Å². The van der Waals surface area contributed by atoms with E-state index in [1.807, 2.05) is 0 Å². The fourth-order valence-corrected chi connectivity index (χ4v) is 1.08. The maximum Gasteiger partial charge on any atom is 0.463 e. The molecule has 0 heterocycles. The van der Waals surface area contributed by atoms with Crippen LogP contribution in [0.2, 0.25) is 0 Å². The molecule has 0 saturated carbocycles. The van der Waals surface area contributed by atoms with Crippen LogP contribution in [0.15, 0.2) is 24.3 Å². The smallest absolute Gasteiger partial charge is 0.321 e. The van der Waals surface area contributed by atoms with E-state index in [2.05, 4.69) is 0 Å². The van der Waals surface area contributed by atoms with Crippen molar-refractivity contribution >= 4 is 11.6 Å². The lowest BCUT2D eigenvalue weighted by molar-refractivity contribution is -0.267. The third-order valence-corrected chi connectivity index (χ3v) is 2.11. The Balaban J connectivity index is 2.88. The molecule has 1 aromatic carbocycles. The summed E-state index contributed by atoms with van der Waals surface area (Å²) in [6.45, 7) is 0. The molecule has 0 unspecified atom stereocenters. The number of carbonyl (C=O) groups excluding carboxylic acids is 1. The van der Waals surface area contributed by atoms with Gasteiger partial charge >= 0.3 is 24.2 Å². The van der Waals surface area contributed by atoms with Gasteiger partial charge in [0.05, 0.1) is 5.56 Å². The highest BCUT2D eigenvalue weighted by atomic mass is 19.4. The van der Waals surface area contributed by atoms with E-state index in [4.69, 9.17) is 0 Å². The average molecular weight is 307 g/mol. The van der Waals surface area contributed by atoms with Gasteiger partial charge in [-0.15, -0.1) is 0 Å². The number of amides is 1. The molecule has 1 aromatic rings. The Labute approximate surface area is 106 Å². The van der Waals surface area contributed by atoms with E-state index in [9.17, 15) is 39.9 Å². The number of hydrogen-bond acceptors (Lipinski definition) is 1. The molecule has 2 nitrogen and oxygen atoms in total. The molecular weight excluding hydrogens is 302 g/mol. The van der Waals surface area contributed by atoms with Gasteiger partial charge in [-0.1, -0.05) is 0 Å². The minimum absolute atomic E-state index is 0.432. The number of benzene rings is 1. The second-order valence-corrected chi connectivity index (χ2v) is 3.60. The van der Waals surface area contributed by atoms with Crippen molar-refractivity contribution < 1.29 is 39.9 Å². The lowest BCUT2D eigenvalue weighted by atomic mass is 10.2. The first-order chi connectivity index (χ1) is 8.85. The molecular formula is C10H5F8NO. The second kappa shape index (κ2) is 4.91. The summed E-state index contributed by atoms with van der Waals surface area (Å²) in [5.74, 6) is -8.32. The molecule has 0 spiro atoms. The van der Waals surface area contributed by atoms with Crippen LogP contribution in [-0.2, 0) is 11.0 Å². The van der Waals surface area contributed by atoms with Crippen LogP contribution in [0.25, 0.3) is 0 Å². The molecule has 1 N–H and O–H groups in total. The quantitative estimate of drug-likeness (QED) is 0.826. The summed E-state index contributed by atoms with van der Waals surface area (Å²) in [6.07, 6.45) is -10.8. The van der Waals surface area contributed by atoms with E-state index in [1.165, 1.54) is 5.32 Å². The second-order valence-electron chi connectivity index (χ2n) is 3.60. The van der Waals surface area contributed by atoms with Gasteiger partial charge < -0.3 is 5.32 Å². The zero-order valence-corrected chi connectivity index (χ0v) is 9.24. The van der Waals surface area contributed by atoms with E-state index in [0.29, 0.717) is 24.3 Å². The number of carbonyl (C=O) groups is 1. The first-order valence-corrected chi connectivity index (χ1v) is 4.79. The molecule has 0 radical (unpaired) electrons. The van der Waals surface area contributed by atoms with Gasteiger partial charge in [0.1, 0.15) is 0 Å². The van der Waals surface area contributed by atoms with Crippen molar-refractivity contribution in [2.45, 2.75) is 18.3 Å². The summed E-state index contributed by atoms with van der Waals surface area (Å²) >= 11 is 0. The predicted octanol–water partition coefficient (Wildman–Crippen LogP) is 3.84. The maximum absolute atomic E-state index is 12.6. The van der Waals surface area contributed by atoms with Crippen molar-refractivity contribution in [1.82, 2.24) is 0 Å². The first kappa shape index (κ1) is 16.2. The number of rotatable bonds is 2. The molecule has 0 fully saturated rings. The van der Waals surface area contributed by atoms with Crippen molar-refractivity contribution in [3.05, 3.63) is 29.8 Å². The van der Waals surface area contributed by atoms with E-state index < -0.39 is 35.4 Å². The number of hydrogen-bond donors (Lipinski definition) is 1. The molecule has 0 saturated heterocycles. The standard InChI is InChI=1S/C10H5F8NO/c11-8(12,10(16,17)18)7(20)19-6-3-1-5(2-4-6)9(13,14)15/h1-4H,(H,19,20). The summed E-state index contributed by atoms with van der Waals surface area (Å²) in [4.78, 5) is 10.8. The first-order valence-electron chi connectivity index (χ1n) is 4.79. The van der Waals surface area contributed by atoms with Gasteiger partial charge in [0.2, 0.25) is 0 Å². The van der Waals surface area contributed by atoms with Crippen LogP contribution in [-0.4, -0.2) is 18.0 Å². The highest BCUT2D eigenvalue weighted by molar-refractivity contribution is 5.96. The van der Waals surface area contributed by atoms with Crippen LogP contribution in [0.3, 0.4) is 0 Å². The molecule has 20 heavy (non-hydrogen) atoms. The molecule has 0 atom stereocenters. The minimum Gasteiger partial charge on any atom is -0.321 e. The van der Waals surface area contributed by atoms with E-state index in [1.54, 1.807) is 0 Å². The van der Waals surface area contributed by atoms with Crippen LogP contribution in [0.5, 0.6) is 0 Å². The van der Waals surface area contributed by atoms with Crippen LogP contribution >= 0.6 is 0 Å². The molecule has 0 aliphatic heterocycles. The Morgan fingerprint density at radius 3 is 1.65 bits per heavy atom. The van der Waals surface area contributed by atoms with Crippen molar-refractivity contribution in [2.75, 3.05) is 5.32 Å². The highest BCUT2D eigenvalue weighted by Crippen LogP contribution is 2.36. The summed E-state index contributed by atoms with van der Waals surface area (Å²) in [7, 11) is 0. The molecule has 0 aliphatic rings. The van der Waals surface area contributed by atoms with Gasteiger partial charge in [-0.05, 0) is 24.3 Å². The zero-order chi connectivity index (χ0) is 15.8. The normalized spacial score (nSPS) is 13.2. The molecule has 1 amide bonds. The summed E-state index contributed by atoms with van der Waals surface area (Å²) < 4.78 is 97.2. The maximum atomic E-state index is 12.6. The van der Waals surface area contributed by atoms with Crippen molar-refractivity contribution in [2.24, 2.45) is 0 Å². The Bertz CT molecular complexity index is 487. The highest BCUT2D eigenvalue weighted by Gasteiger charge is 2.63. The van der Waals surface area contributed by atoms with Crippen LogP contribution in [0.1, 0.15) is 5.56 Å². The molecule has 1 rings (SSSR count). The Morgan fingerprint density at radius 2 is 1.30 bits per heavy atom. The SMILES string of the molecule is O=C(Nc1ccc(C(F)(F)F)cc1)C(F)(F)C(F)(F)F. The Hall–Kier alpha value is -1.87. The minimum atomic E-state index is -6.09. The summed E-state index contributed by atoms with van der Waals surface area (Å²) in [6, 6.07) is 1.99. The number of alkyl halides is 8. The lowest BCUT2D eigenvalue weighted by Crippen LogP contribution is -2.47. The molecule has 10 heteroatoms. The third kappa shape index (κ3) is 3.36. The van der Waals surface area contributed by atoms with Gasteiger partial charge in [0, 0.05) is 5.69 Å². The zero-order valence-electron chi connectivity index (χ0n) is 9.24. The summed E-state index contributed by atoms with van der Waals surface area (Å²) in [5.41, 5.74) is -1.76. The summed E-state index contributed by atoms with van der Waals surface area (Å²) in [5, 5.41) is 1.19. The van der Waals surface area contributed by atoms with Gasteiger partial charge in [0.15, 0.2) is 0 Å². The van der Waals surface area contributed by atoms with Crippen LogP contribution in [0.4, 0.5) is 40.8 Å². The molecule has 112 valence electrons. The van der Waals surface area contributed by atoms with E-state index in [0.717, 1.165) is 0 Å². The Kier molecular flexibility index (Phi) is 3.97. The molecule has 0 aromatic heterocycles. The van der Waals surface area contributed by atoms with Gasteiger partial charge in [-0.3, -0.25) is 4.79 Å². The van der Waals surface area contributed by atoms with Gasteiger partial charge in [-0.2, -0.15) is 35.1 Å². The lowest BCUT2D eigenvalue weighted by Gasteiger charge is -2.18. The Morgan fingerprint density at radius 1 is 0.850 bits per heavy atom. The van der Waals surface area contributed by atoms with Crippen molar-refractivity contribution in [3.8, 4) is 0 Å². The monoisotopic (exact) mass is 307 g/mol. The topological polar surface area (TPSA) is 29.1 Å². The van der Waals surface area contributed by atoms with Crippen LogP contribution in [0, 0.1) is 0 Å². The molecule has 0 bridgehead atoms. The number of halogens is 8. The third-order valence-electron chi connectivity index (χ3n) is 2.11. The fraction of sp³-hybridized carbons (Fsp3) is 0.300. The van der Waals surface area contributed by atoms with Crippen LogP contribution < -0.4 is 5.32 Å². The largest absolute Gasteiger partial charge is 0.463 e. The molecule has 0 aliphatic carbocycles. The average Bonchev–Trinajstić information content (AvgIpc) is 2.26. The number of nitrogens with one attached hydrogen (secondary N) is 1. The van der Waals surface area contributed by atoms with E-state index >= 15 is 0 Å². The van der Waals surface area contributed by atoms with Gasteiger partial charge in [-0.25, -0.2) is 0 Å². The van der Waals surface area contributed by atoms with E-state index in [-0.39, 0.29) is 0 Å². The number of anilines is 1. The predicted molar refractivity (Wildman–Crippen MR) is 51.1 cm³/mol.